The van der Waals surface area contributed by atoms with E-state index in [1.165, 1.54) is 4.90 Å². The second-order valence-corrected chi connectivity index (χ2v) is 14.5. The molecule has 0 spiro atoms. The van der Waals surface area contributed by atoms with Gasteiger partial charge in [-0.15, -0.1) is 0 Å². The summed E-state index contributed by atoms with van der Waals surface area (Å²) in [5.74, 6) is -3.75. The molecular weight excluding hydrogens is 568 g/mol. The zero-order valence-corrected chi connectivity index (χ0v) is 27.1. The van der Waals surface area contributed by atoms with Crippen LogP contribution in [0.2, 0.25) is 0 Å². The predicted octanol–water partition coefficient (Wildman–Crippen LogP) is 1.62. The standard InChI is InChI=1S/C31H52N6O7/c1-30(2,3)23(35-29(43)34-21(18-12-8-7-9-13-18)28(42)44-31(4,5)6)27(41)37-17-11-16-20(37)26(40)36-25(22(38)24(32)39)33-19-14-10-15-19/h18-21,23,25,33H,7-17H2,1-6H3,(H2,32,39)(H,36,40)(H2,34,35,43). The number of esters is 1. The molecule has 3 fully saturated rings. The molecule has 2 aliphatic carbocycles. The number of carbonyl (C=O) groups excluding carboxylic acids is 6. The number of ketones is 1. The molecule has 0 bridgehead atoms. The number of rotatable bonds is 11. The van der Waals surface area contributed by atoms with Gasteiger partial charge in [-0.2, -0.15) is 0 Å². The molecule has 13 nitrogen and oxygen atoms in total. The molecule has 3 rings (SSSR count). The fourth-order valence-electron chi connectivity index (χ4n) is 6.01. The van der Waals surface area contributed by atoms with Crippen LogP contribution in [0.4, 0.5) is 4.79 Å². The highest BCUT2D eigenvalue weighted by molar-refractivity contribution is 6.37. The van der Waals surface area contributed by atoms with Crippen molar-refractivity contribution in [1.82, 2.24) is 26.2 Å². The predicted molar refractivity (Wildman–Crippen MR) is 163 cm³/mol. The Morgan fingerprint density at radius 1 is 0.795 bits per heavy atom. The zero-order valence-electron chi connectivity index (χ0n) is 27.1. The molecule has 0 aromatic carbocycles. The number of urea groups is 1. The monoisotopic (exact) mass is 620 g/mol. The molecule has 248 valence electrons. The molecule has 4 unspecified atom stereocenters. The molecule has 2 saturated carbocycles. The van der Waals surface area contributed by atoms with Crippen molar-refractivity contribution in [2.75, 3.05) is 6.54 Å². The normalized spacial score (nSPS) is 21.8. The summed E-state index contributed by atoms with van der Waals surface area (Å²) in [6.45, 7) is 11.0. The third-order valence-electron chi connectivity index (χ3n) is 8.59. The van der Waals surface area contributed by atoms with Gasteiger partial charge in [-0.05, 0) is 70.6 Å². The van der Waals surface area contributed by atoms with Gasteiger partial charge in [0.2, 0.25) is 11.8 Å². The van der Waals surface area contributed by atoms with E-state index in [1.807, 2.05) is 0 Å². The minimum Gasteiger partial charge on any atom is -0.458 e. The number of carbonyl (C=O) groups is 6. The Balaban J connectivity index is 1.74. The Labute approximate surface area is 260 Å². The van der Waals surface area contributed by atoms with E-state index >= 15 is 0 Å². The lowest BCUT2D eigenvalue weighted by Gasteiger charge is -2.37. The van der Waals surface area contributed by atoms with Gasteiger partial charge in [0.1, 0.15) is 29.9 Å². The lowest BCUT2D eigenvalue weighted by atomic mass is 9.83. The van der Waals surface area contributed by atoms with Crippen molar-refractivity contribution in [3.8, 4) is 0 Å². The number of nitrogens with two attached hydrogens (primary N) is 1. The first-order valence-electron chi connectivity index (χ1n) is 16.0. The van der Waals surface area contributed by atoms with Gasteiger partial charge < -0.3 is 31.3 Å². The van der Waals surface area contributed by atoms with Gasteiger partial charge in [0, 0.05) is 12.6 Å². The van der Waals surface area contributed by atoms with Crippen LogP contribution in [0, 0.1) is 11.3 Å². The highest BCUT2D eigenvalue weighted by atomic mass is 16.6. The maximum atomic E-state index is 14.0. The van der Waals surface area contributed by atoms with E-state index in [0.29, 0.717) is 12.8 Å². The third kappa shape index (κ3) is 9.64. The lowest BCUT2D eigenvalue weighted by Crippen LogP contribution is -2.63. The maximum absolute atomic E-state index is 14.0. The second-order valence-electron chi connectivity index (χ2n) is 14.5. The average Bonchev–Trinajstić information content (AvgIpc) is 3.40. The average molecular weight is 621 g/mol. The molecule has 1 saturated heterocycles. The highest BCUT2D eigenvalue weighted by Gasteiger charge is 2.44. The van der Waals surface area contributed by atoms with Crippen LogP contribution in [0.3, 0.4) is 0 Å². The van der Waals surface area contributed by atoms with Crippen LogP contribution >= 0.6 is 0 Å². The zero-order chi connectivity index (χ0) is 32.8. The summed E-state index contributed by atoms with van der Waals surface area (Å²) in [6, 6.07) is -3.48. The topological polar surface area (TPSA) is 189 Å². The first-order valence-corrected chi connectivity index (χ1v) is 16.0. The molecule has 5 amide bonds. The van der Waals surface area contributed by atoms with E-state index < -0.39 is 70.8 Å². The Morgan fingerprint density at radius 3 is 1.95 bits per heavy atom. The van der Waals surface area contributed by atoms with Crippen molar-refractivity contribution in [3.05, 3.63) is 0 Å². The Hall–Kier alpha value is -3.22. The Kier molecular flexibility index (Phi) is 11.8. The Morgan fingerprint density at radius 2 is 1.43 bits per heavy atom. The van der Waals surface area contributed by atoms with Crippen molar-refractivity contribution >= 4 is 35.5 Å². The molecule has 13 heteroatoms. The lowest BCUT2D eigenvalue weighted by molar-refractivity contribution is -0.159. The van der Waals surface area contributed by atoms with Crippen LogP contribution in [-0.4, -0.2) is 82.9 Å². The number of amides is 5. The molecule has 0 aromatic heterocycles. The molecule has 44 heavy (non-hydrogen) atoms. The summed E-state index contributed by atoms with van der Waals surface area (Å²) >= 11 is 0. The molecule has 3 aliphatic rings. The summed E-state index contributed by atoms with van der Waals surface area (Å²) in [5, 5.41) is 11.2. The van der Waals surface area contributed by atoms with Crippen molar-refractivity contribution in [2.45, 2.75) is 142 Å². The molecular formula is C31H52N6O7. The van der Waals surface area contributed by atoms with Crippen molar-refractivity contribution < 1.29 is 33.5 Å². The van der Waals surface area contributed by atoms with E-state index in [2.05, 4.69) is 21.3 Å². The number of nitrogens with zero attached hydrogens (tertiary/aromatic N) is 1. The van der Waals surface area contributed by atoms with Crippen LogP contribution in [0.25, 0.3) is 0 Å². The molecule has 6 N–H and O–H groups in total. The van der Waals surface area contributed by atoms with Gasteiger partial charge in [-0.1, -0.05) is 46.5 Å². The van der Waals surface area contributed by atoms with Gasteiger partial charge in [0.05, 0.1) is 0 Å². The third-order valence-corrected chi connectivity index (χ3v) is 8.59. The SMILES string of the molecule is CC(C)(C)OC(=O)C(NC(=O)NC(C(=O)N1CCCC1C(=O)NC(NC1CCC1)C(=O)C(N)=O)C(C)(C)C)C1CCCCC1. The largest absolute Gasteiger partial charge is 0.458 e. The van der Waals surface area contributed by atoms with Gasteiger partial charge in [-0.3, -0.25) is 24.5 Å². The van der Waals surface area contributed by atoms with Crippen molar-refractivity contribution in [3.63, 3.8) is 0 Å². The number of hydrogen-bond donors (Lipinski definition) is 5. The minimum atomic E-state index is -1.28. The summed E-state index contributed by atoms with van der Waals surface area (Å²) in [7, 11) is 0. The molecule has 4 atom stereocenters. The van der Waals surface area contributed by atoms with E-state index in [9.17, 15) is 28.8 Å². The first-order chi connectivity index (χ1) is 20.5. The van der Waals surface area contributed by atoms with Gasteiger partial charge in [-0.25, -0.2) is 9.59 Å². The van der Waals surface area contributed by atoms with Gasteiger partial charge in [0.15, 0.2) is 0 Å². The van der Waals surface area contributed by atoms with Crippen LogP contribution < -0.4 is 27.0 Å². The molecule has 0 radical (unpaired) electrons. The van der Waals surface area contributed by atoms with Crippen LogP contribution in [0.1, 0.15) is 106 Å². The van der Waals surface area contributed by atoms with E-state index in [4.69, 9.17) is 10.5 Å². The fourth-order valence-corrected chi connectivity index (χ4v) is 6.01. The highest BCUT2D eigenvalue weighted by Crippen LogP contribution is 2.29. The summed E-state index contributed by atoms with van der Waals surface area (Å²) in [6.07, 6.45) is 6.75. The minimum absolute atomic E-state index is 0.0176. The van der Waals surface area contributed by atoms with Crippen LogP contribution in [0.5, 0.6) is 0 Å². The summed E-state index contributed by atoms with van der Waals surface area (Å²) in [4.78, 5) is 79.4. The summed E-state index contributed by atoms with van der Waals surface area (Å²) in [5.41, 5.74) is 3.74. The number of nitrogens with one attached hydrogen (secondary N) is 4. The smallest absolute Gasteiger partial charge is 0.329 e. The second kappa shape index (κ2) is 14.7. The Bertz CT molecular complexity index is 1090. The molecule has 0 aromatic rings. The van der Waals surface area contributed by atoms with Gasteiger partial charge >= 0.3 is 12.0 Å². The van der Waals surface area contributed by atoms with Crippen LogP contribution in [-0.2, 0) is 28.7 Å². The van der Waals surface area contributed by atoms with Gasteiger partial charge in [0.25, 0.3) is 11.7 Å². The number of ether oxygens (including phenoxy) is 1. The van der Waals surface area contributed by atoms with Crippen molar-refractivity contribution in [2.24, 2.45) is 17.1 Å². The van der Waals surface area contributed by atoms with E-state index in [0.717, 1.165) is 51.4 Å². The number of Topliss-reactive ketones (excluding diaryl/α,β-unsaturated/α-hetero) is 1. The maximum Gasteiger partial charge on any atom is 0.329 e. The van der Waals surface area contributed by atoms with E-state index in [1.54, 1.807) is 41.5 Å². The molecule has 1 heterocycles. The number of hydrogen-bond acceptors (Lipinski definition) is 8. The quantitative estimate of drug-likeness (QED) is 0.131. The van der Waals surface area contributed by atoms with Crippen LogP contribution in [0.15, 0.2) is 0 Å². The summed E-state index contributed by atoms with van der Waals surface area (Å²) < 4.78 is 5.63. The first kappa shape index (κ1) is 35.3. The number of primary amides is 1. The molecule has 1 aliphatic heterocycles. The van der Waals surface area contributed by atoms with Crippen molar-refractivity contribution in [1.29, 1.82) is 0 Å². The van der Waals surface area contributed by atoms with E-state index in [-0.39, 0.29) is 18.5 Å². The fraction of sp³-hybridized carbons (Fsp3) is 0.806. The number of likely N-dealkylation sites (tertiary alicyclic amines) is 1.